The number of aryl methyl sites for hydroxylation is 2. The van der Waals surface area contributed by atoms with Crippen LogP contribution in [0.25, 0.3) is 5.57 Å². The summed E-state index contributed by atoms with van der Waals surface area (Å²) >= 11 is 6.44. The van der Waals surface area contributed by atoms with Crippen LogP contribution in [0.5, 0.6) is 5.88 Å². The summed E-state index contributed by atoms with van der Waals surface area (Å²) in [5, 5.41) is 5.02. The topological polar surface area (TPSA) is 61.2 Å². The van der Waals surface area contributed by atoms with E-state index in [0.717, 1.165) is 28.7 Å². The van der Waals surface area contributed by atoms with Crippen molar-refractivity contribution in [3.63, 3.8) is 0 Å². The Hall–Kier alpha value is -2.40. The summed E-state index contributed by atoms with van der Waals surface area (Å²) in [4.78, 5) is 25.1. The van der Waals surface area contributed by atoms with E-state index in [0.29, 0.717) is 28.4 Å². The molecule has 1 aromatic heterocycles. The molecule has 1 aromatic carbocycles. The number of nitrogens with zero attached hydrogens (tertiary/aromatic N) is 2. The molecule has 0 N–H and O–H groups in total. The Balaban J connectivity index is 2.69. The summed E-state index contributed by atoms with van der Waals surface area (Å²) in [5.74, 6) is -0.514. The van der Waals surface area contributed by atoms with Crippen molar-refractivity contribution in [2.75, 3.05) is 0 Å². The predicted octanol–water partition coefficient (Wildman–Crippen LogP) is 5.53. The molecule has 0 saturated heterocycles. The first-order valence-corrected chi connectivity index (χ1v) is 9.71. The summed E-state index contributed by atoms with van der Waals surface area (Å²) in [7, 11) is 0. The molecular weight excluding hydrogens is 376 g/mol. The Labute approximate surface area is 171 Å². The van der Waals surface area contributed by atoms with Crippen LogP contribution < -0.4 is 4.74 Å². The maximum atomic E-state index is 13.5. The van der Waals surface area contributed by atoms with Crippen molar-refractivity contribution in [2.24, 2.45) is 0 Å². The van der Waals surface area contributed by atoms with Gasteiger partial charge in [-0.25, -0.2) is 4.68 Å². The second kappa shape index (κ2) is 8.74. The van der Waals surface area contributed by atoms with Gasteiger partial charge in [0.05, 0.1) is 5.69 Å². The maximum Gasteiger partial charge on any atom is 0.309 e. The second-order valence-corrected chi connectivity index (χ2v) is 7.54. The van der Waals surface area contributed by atoms with Gasteiger partial charge in [-0.2, -0.15) is 5.10 Å². The van der Waals surface area contributed by atoms with Crippen LogP contribution in [0.1, 0.15) is 73.8 Å². The largest absolute Gasteiger partial charge is 0.407 e. The van der Waals surface area contributed by atoms with Crippen LogP contribution in [-0.4, -0.2) is 21.5 Å². The highest BCUT2D eigenvalue weighted by Crippen LogP contribution is 2.34. The Morgan fingerprint density at radius 1 is 1.11 bits per heavy atom. The minimum absolute atomic E-state index is 0.201. The molecule has 0 spiro atoms. The number of ether oxygens (including phenoxy) is 1. The first-order valence-electron chi connectivity index (χ1n) is 9.34. The number of ketones is 1. The Morgan fingerprint density at radius 3 is 2.29 bits per heavy atom. The molecule has 0 fully saturated rings. The van der Waals surface area contributed by atoms with Gasteiger partial charge in [-0.1, -0.05) is 24.1 Å². The zero-order valence-corrected chi connectivity index (χ0v) is 18.3. The predicted molar refractivity (Wildman–Crippen MR) is 112 cm³/mol. The lowest BCUT2D eigenvalue weighted by atomic mass is 9.91. The summed E-state index contributed by atoms with van der Waals surface area (Å²) in [6.45, 7) is 13.5. The summed E-state index contributed by atoms with van der Waals surface area (Å²) in [6.07, 6.45) is 0.799. The molecule has 1 heterocycles. The van der Waals surface area contributed by atoms with Gasteiger partial charge in [0.1, 0.15) is 5.56 Å². The first kappa shape index (κ1) is 21.9. The van der Waals surface area contributed by atoms with Gasteiger partial charge in [0, 0.05) is 24.1 Å². The smallest absolute Gasteiger partial charge is 0.309 e. The molecule has 5 nitrogen and oxygen atoms in total. The average molecular weight is 403 g/mol. The van der Waals surface area contributed by atoms with E-state index in [1.165, 1.54) is 6.92 Å². The van der Waals surface area contributed by atoms with Crippen LogP contribution in [0.4, 0.5) is 0 Å². The Kier molecular flexibility index (Phi) is 6.83. The number of halogens is 1. The van der Waals surface area contributed by atoms with Crippen molar-refractivity contribution in [3.05, 3.63) is 50.7 Å². The zero-order chi connectivity index (χ0) is 21.2. The van der Waals surface area contributed by atoms with E-state index >= 15 is 0 Å². The van der Waals surface area contributed by atoms with Crippen LogP contribution in [0.3, 0.4) is 0 Å². The maximum absolute atomic E-state index is 13.5. The van der Waals surface area contributed by atoms with Crippen molar-refractivity contribution in [3.8, 4) is 5.88 Å². The fourth-order valence-electron chi connectivity index (χ4n) is 3.19. The lowest BCUT2D eigenvalue weighted by molar-refractivity contribution is -0.132. The first-order chi connectivity index (χ1) is 13.1. The number of rotatable bonds is 6. The third kappa shape index (κ3) is 4.20. The number of allylic oxidation sites excluding steroid dienone is 2. The SMILES string of the molecule is CCCn1nc(C)c(C(=O)c2ccc(Cl)c(C(C)=C(C)C)c2C)c1OC(C)=O. The molecule has 6 heteroatoms. The summed E-state index contributed by atoms with van der Waals surface area (Å²) in [6, 6.07) is 3.46. The van der Waals surface area contributed by atoms with Gasteiger partial charge in [0.2, 0.25) is 11.7 Å². The molecule has 0 bridgehead atoms. The molecule has 0 amide bonds. The Morgan fingerprint density at radius 2 is 1.75 bits per heavy atom. The fraction of sp³-hybridized carbons (Fsp3) is 0.409. The second-order valence-electron chi connectivity index (χ2n) is 7.13. The van der Waals surface area contributed by atoms with Gasteiger partial charge in [0.15, 0.2) is 0 Å². The van der Waals surface area contributed by atoms with Crippen molar-refractivity contribution >= 4 is 28.9 Å². The highest BCUT2D eigenvalue weighted by atomic mass is 35.5. The Bertz CT molecular complexity index is 967. The molecule has 2 rings (SSSR count). The molecule has 0 unspecified atom stereocenters. The third-order valence-corrected chi connectivity index (χ3v) is 5.08. The van der Waals surface area contributed by atoms with Crippen LogP contribution in [-0.2, 0) is 11.3 Å². The van der Waals surface area contributed by atoms with E-state index in [1.807, 2.05) is 34.6 Å². The number of carbonyl (C=O) groups excluding carboxylic acids is 2. The number of aromatic nitrogens is 2. The zero-order valence-electron chi connectivity index (χ0n) is 17.6. The lowest BCUT2D eigenvalue weighted by Gasteiger charge is -2.15. The van der Waals surface area contributed by atoms with Crippen LogP contribution >= 0.6 is 11.6 Å². The standard InChI is InChI=1S/C22H27ClN2O3/c1-8-11-25-22(28-16(7)26)20(15(6)24-25)21(27)17-9-10-18(23)19(14(17)5)13(4)12(2)3/h9-10H,8,11H2,1-7H3. The number of hydrogen-bond acceptors (Lipinski definition) is 4. The molecule has 28 heavy (non-hydrogen) atoms. The highest BCUT2D eigenvalue weighted by Gasteiger charge is 2.27. The third-order valence-electron chi connectivity index (χ3n) is 4.77. The molecule has 2 aromatic rings. The summed E-state index contributed by atoms with van der Waals surface area (Å²) in [5.41, 5.74) is 5.19. The molecule has 0 radical (unpaired) electrons. The minimum atomic E-state index is -0.486. The fourth-order valence-corrected chi connectivity index (χ4v) is 3.54. The van der Waals surface area contributed by atoms with Crippen LogP contribution in [0, 0.1) is 13.8 Å². The van der Waals surface area contributed by atoms with Gasteiger partial charge in [-0.3, -0.25) is 9.59 Å². The molecular formula is C22H27ClN2O3. The van der Waals surface area contributed by atoms with E-state index in [4.69, 9.17) is 16.3 Å². The van der Waals surface area contributed by atoms with Crippen molar-refractivity contribution in [1.82, 2.24) is 9.78 Å². The average Bonchev–Trinajstić information content (AvgIpc) is 2.89. The van der Waals surface area contributed by atoms with Crippen LogP contribution in [0.2, 0.25) is 5.02 Å². The molecule has 0 aliphatic heterocycles. The lowest BCUT2D eigenvalue weighted by Crippen LogP contribution is -2.13. The number of benzene rings is 1. The molecule has 150 valence electrons. The molecule has 0 aliphatic rings. The normalized spacial score (nSPS) is 10.7. The van der Waals surface area contributed by atoms with E-state index in [1.54, 1.807) is 23.7 Å². The molecule has 0 atom stereocenters. The van der Waals surface area contributed by atoms with Crippen molar-refractivity contribution in [2.45, 2.75) is 61.4 Å². The molecule has 0 saturated carbocycles. The summed E-state index contributed by atoms with van der Waals surface area (Å²) < 4.78 is 6.96. The minimum Gasteiger partial charge on any atom is -0.407 e. The quantitative estimate of drug-likeness (QED) is 0.470. The number of carbonyl (C=O) groups is 2. The van der Waals surface area contributed by atoms with E-state index < -0.39 is 5.97 Å². The highest BCUT2D eigenvalue weighted by molar-refractivity contribution is 6.32. The van der Waals surface area contributed by atoms with Crippen molar-refractivity contribution < 1.29 is 14.3 Å². The van der Waals surface area contributed by atoms with Gasteiger partial charge in [-0.15, -0.1) is 0 Å². The number of hydrogen-bond donors (Lipinski definition) is 0. The van der Waals surface area contributed by atoms with Gasteiger partial charge >= 0.3 is 5.97 Å². The van der Waals surface area contributed by atoms with Gasteiger partial charge in [-0.05, 0) is 69.9 Å². The monoisotopic (exact) mass is 402 g/mol. The van der Waals surface area contributed by atoms with E-state index in [2.05, 4.69) is 5.10 Å². The van der Waals surface area contributed by atoms with Crippen LogP contribution in [0.15, 0.2) is 17.7 Å². The van der Waals surface area contributed by atoms with Gasteiger partial charge < -0.3 is 4.74 Å². The van der Waals surface area contributed by atoms with Crippen molar-refractivity contribution in [1.29, 1.82) is 0 Å². The molecule has 0 aliphatic carbocycles. The number of esters is 1. The van der Waals surface area contributed by atoms with E-state index in [-0.39, 0.29) is 11.7 Å². The van der Waals surface area contributed by atoms with E-state index in [9.17, 15) is 9.59 Å². The van der Waals surface area contributed by atoms with Gasteiger partial charge in [0.25, 0.3) is 0 Å².